The van der Waals surface area contributed by atoms with Crippen LogP contribution in [0.15, 0.2) is 48.5 Å². The molecule has 1 atom stereocenters. The second kappa shape index (κ2) is 4.58. The minimum atomic E-state index is -0.265. The van der Waals surface area contributed by atoms with Crippen LogP contribution in [0, 0.1) is 5.82 Å². The standard InChI is InChI=1S/C17H15FN2O/c18-12-7-5-11(6-8-12)16-19-15-4-2-1-3-14(15)17(21)20(16)13-9-10-13/h1-8,13,16,19H,9-10H2/t16-/m1/s1. The van der Waals surface area contributed by atoms with Crippen molar-refractivity contribution in [1.82, 2.24) is 4.90 Å². The fourth-order valence-electron chi connectivity index (χ4n) is 2.89. The molecule has 2 aromatic rings. The Hall–Kier alpha value is -2.36. The lowest BCUT2D eigenvalue weighted by Crippen LogP contribution is -2.44. The highest BCUT2D eigenvalue weighted by molar-refractivity contribution is 6.02. The van der Waals surface area contributed by atoms with Crippen molar-refractivity contribution in [3.05, 3.63) is 65.5 Å². The first kappa shape index (κ1) is 12.4. The van der Waals surface area contributed by atoms with E-state index in [1.54, 1.807) is 12.1 Å². The molecule has 1 saturated carbocycles. The molecular weight excluding hydrogens is 267 g/mol. The SMILES string of the molecule is O=C1c2ccccc2N[C@@H](c2ccc(F)cc2)N1C1CC1. The van der Waals surface area contributed by atoms with Crippen LogP contribution in [-0.2, 0) is 0 Å². The van der Waals surface area contributed by atoms with E-state index in [-0.39, 0.29) is 23.9 Å². The van der Waals surface area contributed by atoms with Gasteiger partial charge in [0, 0.05) is 11.7 Å². The van der Waals surface area contributed by atoms with E-state index in [4.69, 9.17) is 0 Å². The van der Waals surface area contributed by atoms with Crippen molar-refractivity contribution in [2.75, 3.05) is 5.32 Å². The molecular formula is C17H15FN2O. The molecule has 1 N–H and O–H groups in total. The number of nitrogens with zero attached hydrogens (tertiary/aromatic N) is 1. The Morgan fingerprint density at radius 1 is 1.05 bits per heavy atom. The van der Waals surface area contributed by atoms with E-state index < -0.39 is 0 Å². The number of hydrogen-bond acceptors (Lipinski definition) is 2. The third-order valence-electron chi connectivity index (χ3n) is 4.09. The van der Waals surface area contributed by atoms with Gasteiger partial charge in [0.05, 0.1) is 5.56 Å². The van der Waals surface area contributed by atoms with E-state index in [2.05, 4.69) is 5.32 Å². The predicted octanol–water partition coefficient (Wildman–Crippen LogP) is 3.55. The number of amides is 1. The number of halogens is 1. The minimum Gasteiger partial charge on any atom is -0.361 e. The van der Waals surface area contributed by atoms with Crippen molar-refractivity contribution in [3.63, 3.8) is 0 Å². The second-order valence-electron chi connectivity index (χ2n) is 5.59. The zero-order chi connectivity index (χ0) is 14.4. The fourth-order valence-corrected chi connectivity index (χ4v) is 2.89. The van der Waals surface area contributed by atoms with E-state index in [9.17, 15) is 9.18 Å². The van der Waals surface area contributed by atoms with Gasteiger partial charge in [-0.05, 0) is 42.7 Å². The maximum atomic E-state index is 13.1. The predicted molar refractivity (Wildman–Crippen MR) is 78.4 cm³/mol. The summed E-state index contributed by atoms with van der Waals surface area (Å²) in [4.78, 5) is 14.7. The lowest BCUT2D eigenvalue weighted by Gasteiger charge is -2.38. The molecule has 0 bridgehead atoms. The number of carbonyl (C=O) groups is 1. The molecule has 1 aliphatic heterocycles. The Bertz CT molecular complexity index is 694. The number of fused-ring (bicyclic) bond motifs is 1. The smallest absolute Gasteiger partial charge is 0.258 e. The van der Waals surface area contributed by atoms with Gasteiger partial charge in [-0.25, -0.2) is 4.39 Å². The normalized spacial score (nSPS) is 20.9. The van der Waals surface area contributed by atoms with Crippen LogP contribution in [-0.4, -0.2) is 16.8 Å². The third-order valence-corrected chi connectivity index (χ3v) is 4.09. The van der Waals surface area contributed by atoms with Crippen molar-refractivity contribution in [3.8, 4) is 0 Å². The zero-order valence-electron chi connectivity index (χ0n) is 11.4. The molecule has 0 unspecified atom stereocenters. The lowest BCUT2D eigenvalue weighted by atomic mass is 10.0. The minimum absolute atomic E-state index is 0.0566. The summed E-state index contributed by atoms with van der Waals surface area (Å²) in [7, 11) is 0. The van der Waals surface area contributed by atoms with Crippen LogP contribution in [0.5, 0.6) is 0 Å². The van der Waals surface area contributed by atoms with E-state index in [0.29, 0.717) is 5.56 Å². The first-order chi connectivity index (χ1) is 10.2. The summed E-state index contributed by atoms with van der Waals surface area (Å²) in [5.74, 6) is -0.208. The van der Waals surface area contributed by atoms with Crippen LogP contribution in [0.3, 0.4) is 0 Å². The van der Waals surface area contributed by atoms with Gasteiger partial charge in [-0.15, -0.1) is 0 Å². The van der Waals surface area contributed by atoms with Gasteiger partial charge >= 0.3 is 0 Å². The van der Waals surface area contributed by atoms with E-state index >= 15 is 0 Å². The molecule has 3 nitrogen and oxygen atoms in total. The molecule has 1 heterocycles. The van der Waals surface area contributed by atoms with Crippen molar-refractivity contribution < 1.29 is 9.18 Å². The average Bonchev–Trinajstić information content (AvgIpc) is 3.32. The van der Waals surface area contributed by atoms with Crippen molar-refractivity contribution >= 4 is 11.6 Å². The highest BCUT2D eigenvalue weighted by Gasteiger charge is 2.41. The number of carbonyl (C=O) groups excluding carboxylic acids is 1. The molecule has 2 aliphatic rings. The molecule has 1 aliphatic carbocycles. The van der Waals surface area contributed by atoms with Gasteiger partial charge in [-0.2, -0.15) is 0 Å². The summed E-state index contributed by atoms with van der Waals surface area (Å²) < 4.78 is 13.1. The maximum Gasteiger partial charge on any atom is 0.258 e. The van der Waals surface area contributed by atoms with Crippen LogP contribution in [0.25, 0.3) is 0 Å². The van der Waals surface area contributed by atoms with Gasteiger partial charge in [-0.3, -0.25) is 4.79 Å². The maximum absolute atomic E-state index is 13.1. The highest BCUT2D eigenvalue weighted by Crippen LogP contribution is 2.40. The summed E-state index contributed by atoms with van der Waals surface area (Å²) in [6.07, 6.45) is 1.85. The first-order valence-corrected chi connectivity index (χ1v) is 7.18. The number of rotatable bonds is 2. The Balaban J connectivity index is 1.78. The Labute approximate surface area is 122 Å². The van der Waals surface area contributed by atoms with E-state index in [1.165, 1.54) is 12.1 Å². The topological polar surface area (TPSA) is 32.3 Å². The van der Waals surface area contributed by atoms with Gasteiger partial charge in [0.2, 0.25) is 0 Å². The number of hydrogen-bond donors (Lipinski definition) is 1. The van der Waals surface area contributed by atoms with Crippen LogP contribution in [0.4, 0.5) is 10.1 Å². The molecule has 0 radical (unpaired) electrons. The summed E-state index contributed by atoms with van der Waals surface area (Å²) in [5.41, 5.74) is 2.46. The van der Waals surface area contributed by atoms with Crippen LogP contribution < -0.4 is 5.32 Å². The summed E-state index contributed by atoms with van der Waals surface area (Å²) in [6, 6.07) is 14.2. The van der Waals surface area contributed by atoms with Crippen molar-refractivity contribution in [1.29, 1.82) is 0 Å². The average molecular weight is 282 g/mol. The van der Waals surface area contributed by atoms with Crippen LogP contribution in [0.1, 0.15) is 34.9 Å². The van der Waals surface area contributed by atoms with E-state index in [1.807, 2.05) is 29.2 Å². The van der Waals surface area contributed by atoms with Gasteiger partial charge in [-0.1, -0.05) is 24.3 Å². The molecule has 106 valence electrons. The quantitative estimate of drug-likeness (QED) is 0.913. The Morgan fingerprint density at radius 3 is 2.48 bits per heavy atom. The van der Waals surface area contributed by atoms with Crippen molar-refractivity contribution in [2.45, 2.75) is 25.0 Å². The number of para-hydroxylation sites is 1. The summed E-state index contributed by atoms with van der Waals surface area (Å²) in [5, 5.41) is 3.42. The van der Waals surface area contributed by atoms with E-state index in [0.717, 1.165) is 24.1 Å². The zero-order valence-corrected chi connectivity index (χ0v) is 11.4. The summed E-state index contributed by atoms with van der Waals surface area (Å²) in [6.45, 7) is 0. The van der Waals surface area contributed by atoms with Crippen LogP contribution in [0.2, 0.25) is 0 Å². The molecule has 1 amide bonds. The monoisotopic (exact) mass is 282 g/mol. The highest BCUT2D eigenvalue weighted by atomic mass is 19.1. The molecule has 21 heavy (non-hydrogen) atoms. The molecule has 2 aromatic carbocycles. The number of nitrogens with one attached hydrogen (secondary N) is 1. The molecule has 1 fully saturated rings. The van der Waals surface area contributed by atoms with Gasteiger partial charge < -0.3 is 10.2 Å². The Kier molecular flexibility index (Phi) is 2.70. The van der Waals surface area contributed by atoms with Gasteiger partial charge in [0.15, 0.2) is 0 Å². The second-order valence-corrected chi connectivity index (χ2v) is 5.59. The Morgan fingerprint density at radius 2 is 1.76 bits per heavy atom. The van der Waals surface area contributed by atoms with Crippen molar-refractivity contribution in [2.24, 2.45) is 0 Å². The van der Waals surface area contributed by atoms with Gasteiger partial charge in [0.1, 0.15) is 12.0 Å². The molecule has 4 heteroatoms. The molecule has 0 aromatic heterocycles. The lowest BCUT2D eigenvalue weighted by molar-refractivity contribution is 0.0666. The molecule has 4 rings (SSSR count). The fraction of sp³-hybridized carbons (Fsp3) is 0.235. The summed E-state index contributed by atoms with van der Waals surface area (Å²) >= 11 is 0. The molecule has 0 spiro atoms. The first-order valence-electron chi connectivity index (χ1n) is 7.18. The van der Waals surface area contributed by atoms with Gasteiger partial charge in [0.25, 0.3) is 5.91 Å². The molecule has 0 saturated heterocycles. The van der Waals surface area contributed by atoms with Crippen LogP contribution >= 0.6 is 0 Å². The largest absolute Gasteiger partial charge is 0.361 e. The number of anilines is 1. The third kappa shape index (κ3) is 2.07. The number of benzene rings is 2.